The third-order valence-electron chi connectivity index (χ3n) is 7.03. The van der Waals surface area contributed by atoms with Crippen LogP contribution in [0.5, 0.6) is 0 Å². The number of fused-ring (bicyclic) bond motifs is 1. The average molecular weight is 527 g/mol. The maximum absolute atomic E-state index is 14.2. The van der Waals surface area contributed by atoms with E-state index in [9.17, 15) is 14.4 Å². The third-order valence-corrected chi connectivity index (χ3v) is 7.98. The molecule has 0 bridgehead atoms. The molecule has 1 N–H and O–H groups in total. The lowest BCUT2D eigenvalue weighted by molar-refractivity contribution is 0.121. The van der Waals surface area contributed by atoms with Crippen molar-refractivity contribution in [2.24, 2.45) is 7.05 Å². The van der Waals surface area contributed by atoms with Crippen molar-refractivity contribution < 1.29 is 9.60 Å². The highest BCUT2D eigenvalue weighted by atomic mass is 32.2. The van der Waals surface area contributed by atoms with Crippen LogP contribution in [0.1, 0.15) is 44.9 Å². The minimum atomic E-state index is -1.23. The Morgan fingerprint density at radius 2 is 1.78 bits per heavy atom. The van der Waals surface area contributed by atoms with Gasteiger partial charge in [-0.3, -0.25) is 19.5 Å². The van der Waals surface area contributed by atoms with E-state index in [2.05, 4.69) is 28.9 Å². The molecule has 0 aliphatic carbocycles. The first-order valence-corrected chi connectivity index (χ1v) is 14.0. The Morgan fingerprint density at radius 1 is 1.11 bits per heavy atom. The number of nitrogens with zero attached hydrogens (tertiary/aromatic N) is 4. The highest BCUT2D eigenvalue weighted by Crippen LogP contribution is 2.36. The Hall–Kier alpha value is -2.55. The lowest BCUT2D eigenvalue weighted by atomic mass is 9.97. The maximum atomic E-state index is 14.2. The average Bonchev–Trinajstić information content (AvgIpc) is 2.85. The van der Waals surface area contributed by atoms with Gasteiger partial charge in [0.15, 0.2) is 0 Å². The Labute approximate surface area is 223 Å². The van der Waals surface area contributed by atoms with Gasteiger partial charge in [-0.25, -0.2) is 9.45 Å². The van der Waals surface area contributed by atoms with E-state index in [1.165, 1.54) is 5.06 Å². The first-order chi connectivity index (χ1) is 17.5. The molecule has 37 heavy (non-hydrogen) atoms. The van der Waals surface area contributed by atoms with Gasteiger partial charge in [0.25, 0.3) is 5.56 Å². The Balaban J connectivity index is 1.72. The highest BCUT2D eigenvalue weighted by Gasteiger charge is 2.27. The number of hydroxylamine groups is 1. The van der Waals surface area contributed by atoms with Crippen molar-refractivity contribution in [2.45, 2.75) is 51.2 Å². The van der Waals surface area contributed by atoms with Gasteiger partial charge in [-0.2, -0.15) is 0 Å². The van der Waals surface area contributed by atoms with Gasteiger partial charge in [0.05, 0.1) is 11.7 Å². The number of rotatable bonds is 8. The molecule has 0 radical (unpaired) electrons. The van der Waals surface area contributed by atoms with Crippen LogP contribution in [0.25, 0.3) is 10.8 Å². The molecule has 1 aliphatic heterocycles. The molecule has 2 aromatic carbocycles. The van der Waals surface area contributed by atoms with Gasteiger partial charge in [-0.15, -0.1) is 11.8 Å². The van der Waals surface area contributed by atoms with Crippen LogP contribution in [0.3, 0.4) is 0 Å². The number of para-hydroxylation sites is 1. The number of hydrogen-bond donors (Lipinski definition) is 1. The second-order valence-corrected chi connectivity index (χ2v) is 11.9. The minimum Gasteiger partial charge on any atom is -0.355 e. The molecule has 4 rings (SSSR count). The zero-order valence-electron chi connectivity index (χ0n) is 22.8. The van der Waals surface area contributed by atoms with Crippen molar-refractivity contribution in [2.75, 3.05) is 48.4 Å². The molecule has 1 unspecified atom stereocenters. The molecular formula is C29H39FN4O2S. The van der Waals surface area contributed by atoms with Gasteiger partial charge in [-0.1, -0.05) is 25.1 Å². The molecule has 2 heterocycles. The van der Waals surface area contributed by atoms with Crippen molar-refractivity contribution in [3.05, 3.63) is 63.9 Å². The van der Waals surface area contributed by atoms with E-state index in [0.717, 1.165) is 64.8 Å². The van der Waals surface area contributed by atoms with E-state index >= 15 is 0 Å². The van der Waals surface area contributed by atoms with Gasteiger partial charge in [0.1, 0.15) is 11.5 Å². The van der Waals surface area contributed by atoms with Crippen molar-refractivity contribution in [1.29, 1.82) is 0 Å². The molecule has 1 aromatic heterocycles. The monoisotopic (exact) mass is 526 g/mol. The summed E-state index contributed by atoms with van der Waals surface area (Å²) in [5.74, 6) is 1.75. The van der Waals surface area contributed by atoms with Crippen molar-refractivity contribution >= 4 is 34.0 Å². The zero-order valence-corrected chi connectivity index (χ0v) is 23.6. The largest absolute Gasteiger partial charge is 0.355 e. The van der Waals surface area contributed by atoms with Crippen LogP contribution in [-0.4, -0.2) is 58.8 Å². The van der Waals surface area contributed by atoms with Crippen LogP contribution >= 0.6 is 11.8 Å². The molecule has 1 aliphatic rings. The normalized spacial score (nSPS) is 15.8. The number of benzene rings is 2. The van der Waals surface area contributed by atoms with Crippen molar-refractivity contribution in [3.63, 3.8) is 0 Å². The summed E-state index contributed by atoms with van der Waals surface area (Å²) in [5.41, 5.74) is 1.36. The lowest BCUT2D eigenvalue weighted by Crippen LogP contribution is -2.50. The second-order valence-electron chi connectivity index (χ2n) is 10.6. The molecule has 8 heteroatoms. The quantitative estimate of drug-likeness (QED) is 0.296. The summed E-state index contributed by atoms with van der Waals surface area (Å²) in [5, 5.41) is 14.2. The fraction of sp³-hybridized carbons (Fsp3) is 0.483. The number of aromatic nitrogens is 1. The van der Waals surface area contributed by atoms with E-state index < -0.39 is 5.67 Å². The number of aryl methyl sites for hydroxylation is 1. The van der Waals surface area contributed by atoms with Gasteiger partial charge < -0.3 is 4.90 Å². The van der Waals surface area contributed by atoms with Crippen LogP contribution in [0.4, 0.5) is 15.9 Å². The fourth-order valence-corrected chi connectivity index (χ4v) is 6.05. The molecule has 1 atom stereocenters. The minimum absolute atomic E-state index is 0.0524. The SMILES string of the molecule is CCSc1ccccc1N(O)C(C)c1cc(C)cc2c(=O)n(C)c(N3CCN(CC(C)(C)F)CC3)cc12. The zero-order chi connectivity index (χ0) is 26.9. The summed E-state index contributed by atoms with van der Waals surface area (Å²) in [6.45, 7) is 12.6. The number of piperazine rings is 1. The summed E-state index contributed by atoms with van der Waals surface area (Å²) in [6.07, 6.45) is 0. The summed E-state index contributed by atoms with van der Waals surface area (Å²) in [6, 6.07) is 13.6. The fourth-order valence-electron chi connectivity index (χ4n) is 5.25. The van der Waals surface area contributed by atoms with Gasteiger partial charge >= 0.3 is 0 Å². The summed E-state index contributed by atoms with van der Waals surface area (Å²) in [7, 11) is 1.82. The predicted octanol–water partition coefficient (Wildman–Crippen LogP) is 5.79. The molecule has 0 saturated carbocycles. The standard InChI is InChI=1S/C29H39FN4O2S/c1-7-37-26-11-9-8-10-25(26)34(36)21(3)22-16-20(2)17-24-23(22)18-27(31(6)28(24)35)33-14-12-32(13-15-33)19-29(4,5)30/h8-11,16-18,21,36H,7,12-15,19H2,1-6H3. The van der Waals surface area contributed by atoms with Crippen LogP contribution < -0.4 is 15.5 Å². The predicted molar refractivity (Wildman–Crippen MR) is 153 cm³/mol. The molecule has 0 amide bonds. The number of anilines is 2. The van der Waals surface area contributed by atoms with Crippen molar-refractivity contribution in [1.82, 2.24) is 9.47 Å². The van der Waals surface area contributed by atoms with E-state index in [1.807, 2.05) is 51.2 Å². The smallest absolute Gasteiger partial charge is 0.259 e. The number of halogens is 1. The summed E-state index contributed by atoms with van der Waals surface area (Å²) < 4.78 is 15.9. The molecule has 3 aromatic rings. The molecule has 1 saturated heterocycles. The van der Waals surface area contributed by atoms with E-state index in [4.69, 9.17) is 0 Å². The lowest BCUT2D eigenvalue weighted by Gasteiger charge is -2.38. The molecule has 6 nitrogen and oxygen atoms in total. The van der Waals surface area contributed by atoms with Gasteiger partial charge in [0.2, 0.25) is 0 Å². The number of thioether (sulfide) groups is 1. The molecule has 200 valence electrons. The molecule has 1 fully saturated rings. The molecule has 0 spiro atoms. The number of pyridine rings is 1. The van der Waals surface area contributed by atoms with E-state index in [0.29, 0.717) is 11.9 Å². The van der Waals surface area contributed by atoms with E-state index in [1.54, 1.807) is 30.2 Å². The van der Waals surface area contributed by atoms with Crippen LogP contribution in [0, 0.1) is 6.92 Å². The van der Waals surface area contributed by atoms with Gasteiger partial charge in [0, 0.05) is 50.1 Å². The van der Waals surface area contributed by atoms with Crippen molar-refractivity contribution in [3.8, 4) is 0 Å². The Bertz CT molecular complexity index is 1310. The molecular weight excluding hydrogens is 487 g/mol. The highest BCUT2D eigenvalue weighted by molar-refractivity contribution is 7.99. The van der Waals surface area contributed by atoms with E-state index in [-0.39, 0.29) is 11.6 Å². The van der Waals surface area contributed by atoms with Crippen LogP contribution in [0.2, 0.25) is 0 Å². The maximum Gasteiger partial charge on any atom is 0.259 e. The van der Waals surface area contributed by atoms with Gasteiger partial charge in [-0.05, 0) is 74.2 Å². The number of alkyl halides is 1. The number of hydrogen-bond acceptors (Lipinski definition) is 6. The topological polar surface area (TPSA) is 52.0 Å². The Morgan fingerprint density at radius 3 is 2.43 bits per heavy atom. The summed E-state index contributed by atoms with van der Waals surface area (Å²) >= 11 is 1.69. The Kier molecular flexibility index (Phi) is 8.21. The first kappa shape index (κ1) is 27.5. The first-order valence-electron chi connectivity index (χ1n) is 13.0. The van der Waals surface area contributed by atoms with Crippen LogP contribution in [-0.2, 0) is 7.05 Å². The van der Waals surface area contributed by atoms with Crippen LogP contribution in [0.15, 0.2) is 52.2 Å². The second kappa shape index (κ2) is 11.1. The third kappa shape index (κ3) is 5.97. The summed E-state index contributed by atoms with van der Waals surface area (Å²) in [4.78, 5) is 18.9.